The lowest BCUT2D eigenvalue weighted by Gasteiger charge is -2.22. The Hall–Kier alpha value is -3.07. The molecule has 1 amide bonds. The van der Waals surface area contributed by atoms with E-state index < -0.39 is 16.6 Å². The largest absolute Gasteiger partial charge is 0.444 e. The van der Waals surface area contributed by atoms with E-state index in [0.717, 1.165) is 24.0 Å². The zero-order valence-electron chi connectivity index (χ0n) is 20.3. The van der Waals surface area contributed by atoms with E-state index in [1.807, 2.05) is 60.6 Å². The van der Waals surface area contributed by atoms with E-state index in [4.69, 9.17) is 22.1 Å². The maximum atomic E-state index is 12.1. The summed E-state index contributed by atoms with van der Waals surface area (Å²) in [7, 11) is 0. The van der Waals surface area contributed by atoms with E-state index in [-0.39, 0.29) is 28.4 Å². The number of nitrogens with two attached hydrogens (primary N) is 1. The third kappa shape index (κ3) is 7.78. The minimum absolute atomic E-state index is 0.0265. The van der Waals surface area contributed by atoms with Gasteiger partial charge in [-0.25, -0.2) is 9.78 Å². The molecule has 182 valence electrons. The third-order valence-electron chi connectivity index (χ3n) is 4.35. The predicted molar refractivity (Wildman–Crippen MR) is 133 cm³/mol. The number of benzene rings is 1. The van der Waals surface area contributed by atoms with Crippen LogP contribution in [0.25, 0.3) is 0 Å². The maximum Gasteiger partial charge on any atom is 0.408 e. The zero-order valence-corrected chi connectivity index (χ0v) is 21.0. The van der Waals surface area contributed by atoms with Gasteiger partial charge in [-0.05, 0) is 56.9 Å². The van der Waals surface area contributed by atoms with Crippen molar-refractivity contribution in [1.82, 2.24) is 10.3 Å². The summed E-state index contributed by atoms with van der Waals surface area (Å²) in [5.41, 5.74) is 7.36. The van der Waals surface area contributed by atoms with Gasteiger partial charge < -0.3 is 21.1 Å². The summed E-state index contributed by atoms with van der Waals surface area (Å²) in [6.45, 7) is 13.4. The molecule has 1 aromatic heterocycles. The van der Waals surface area contributed by atoms with E-state index >= 15 is 0 Å². The molecule has 10 heteroatoms. The Morgan fingerprint density at radius 1 is 1.24 bits per heavy atom. The number of nitrogens with zero attached hydrogens (tertiary/aromatic N) is 2. The number of halogens is 1. The first-order chi connectivity index (χ1) is 15.5. The van der Waals surface area contributed by atoms with Gasteiger partial charge in [-0.2, -0.15) is 0 Å². The fourth-order valence-corrected chi connectivity index (χ4v) is 3.44. The van der Waals surface area contributed by atoms with E-state index in [2.05, 4.69) is 15.6 Å². The Bertz CT molecular complexity index is 976. The summed E-state index contributed by atoms with van der Waals surface area (Å²) in [5, 5.41) is 17.2. The summed E-state index contributed by atoms with van der Waals surface area (Å²) in [5.74, 6) is -0.0265. The van der Waals surface area contributed by atoms with Crippen molar-refractivity contribution in [3.8, 4) is 0 Å². The van der Waals surface area contributed by atoms with Crippen LogP contribution in [0.4, 0.5) is 27.7 Å². The van der Waals surface area contributed by atoms with Crippen LogP contribution in [0.2, 0.25) is 5.15 Å². The monoisotopic (exact) mass is 479 g/mol. The summed E-state index contributed by atoms with van der Waals surface area (Å²) in [6.07, 6.45) is 1.02. The average Bonchev–Trinajstić information content (AvgIpc) is 3.10. The number of rotatable bonds is 4. The number of carbonyl (C=O) groups is 1. The van der Waals surface area contributed by atoms with Crippen molar-refractivity contribution in [2.75, 3.05) is 11.1 Å². The van der Waals surface area contributed by atoms with Crippen molar-refractivity contribution >= 4 is 40.6 Å². The zero-order chi connectivity index (χ0) is 25.3. The fourth-order valence-electron chi connectivity index (χ4n) is 3.24. The molecule has 4 N–H and O–H groups in total. The van der Waals surface area contributed by atoms with Gasteiger partial charge in [-0.1, -0.05) is 45.4 Å². The molecule has 1 atom stereocenters. The molecule has 1 heterocycles. The first kappa shape index (κ1) is 28.0. The number of nitrogen functional groups attached to an aromatic ring is 1. The molecule has 0 spiro atoms. The molecule has 0 saturated heterocycles. The minimum Gasteiger partial charge on any atom is -0.444 e. The lowest BCUT2D eigenvalue weighted by atomic mass is 10.1. The molecule has 1 aliphatic rings. The van der Waals surface area contributed by atoms with Crippen LogP contribution < -0.4 is 16.4 Å². The fraction of sp³-hybridized carbons (Fsp3) is 0.478. The molecule has 2 aromatic rings. The van der Waals surface area contributed by atoms with Gasteiger partial charge in [0.25, 0.3) is 0 Å². The molecule has 0 radical (unpaired) electrons. The number of pyridine rings is 1. The Kier molecular flexibility index (Phi) is 10.4. The second kappa shape index (κ2) is 12.2. The van der Waals surface area contributed by atoms with Crippen molar-refractivity contribution in [2.24, 2.45) is 0 Å². The van der Waals surface area contributed by atoms with Gasteiger partial charge in [-0.3, -0.25) is 10.1 Å². The van der Waals surface area contributed by atoms with Gasteiger partial charge >= 0.3 is 11.8 Å². The van der Waals surface area contributed by atoms with Crippen LogP contribution >= 0.6 is 11.6 Å². The number of amides is 1. The summed E-state index contributed by atoms with van der Waals surface area (Å²) in [6, 6.07) is 6.58. The Balaban J connectivity index is 0.00000129. The normalized spacial score (nSPS) is 14.0. The number of fused-ring (bicyclic) bond motifs is 1. The van der Waals surface area contributed by atoms with Crippen molar-refractivity contribution in [3.63, 3.8) is 0 Å². The van der Waals surface area contributed by atoms with Crippen molar-refractivity contribution < 1.29 is 14.5 Å². The molecule has 3 rings (SSSR count). The van der Waals surface area contributed by atoms with Crippen LogP contribution in [0.3, 0.4) is 0 Å². The van der Waals surface area contributed by atoms with Crippen LogP contribution in [0.5, 0.6) is 0 Å². The molecule has 0 bridgehead atoms. The highest BCUT2D eigenvalue weighted by atomic mass is 35.5. The number of alkyl carbamates (subject to hydrolysis) is 1. The number of carbonyl (C=O) groups excluding carboxylic acids is 1. The molecule has 0 fully saturated rings. The van der Waals surface area contributed by atoms with E-state index in [0.29, 0.717) is 5.69 Å². The highest BCUT2D eigenvalue weighted by Gasteiger charge is 2.27. The molecule has 0 aliphatic heterocycles. The summed E-state index contributed by atoms with van der Waals surface area (Å²) < 4.78 is 5.32. The third-order valence-corrected chi connectivity index (χ3v) is 4.54. The van der Waals surface area contributed by atoms with E-state index in [9.17, 15) is 14.9 Å². The standard InChI is InChI=1S/C19H22ClN5O4.2C2H6/c1-19(2,3)29-18(26)23-14-7-4-10-8-11(5-6-12(10)14)22-17-16(25(27)28)13(21)9-15(20)24-17;2*1-2/h5-6,8-9,14H,4,7H2,1-3H3,(H,23,26)(H3,21,22,24);2*1-2H3. The van der Waals surface area contributed by atoms with Gasteiger partial charge in [0, 0.05) is 11.8 Å². The number of nitrogens with one attached hydrogen (secondary N) is 2. The smallest absolute Gasteiger partial charge is 0.408 e. The van der Waals surface area contributed by atoms with Crippen LogP contribution in [0.15, 0.2) is 24.3 Å². The first-order valence-corrected chi connectivity index (χ1v) is 11.4. The molecule has 9 nitrogen and oxygen atoms in total. The molecule has 0 saturated carbocycles. The van der Waals surface area contributed by atoms with E-state index in [1.165, 1.54) is 6.07 Å². The number of nitro groups is 1. The van der Waals surface area contributed by atoms with Crippen LogP contribution in [0.1, 0.15) is 72.1 Å². The lowest BCUT2D eigenvalue weighted by molar-refractivity contribution is -0.383. The number of aryl methyl sites for hydroxylation is 1. The van der Waals surface area contributed by atoms with Crippen LogP contribution in [-0.4, -0.2) is 21.6 Å². The molecule has 1 unspecified atom stereocenters. The average molecular weight is 480 g/mol. The Morgan fingerprint density at radius 2 is 1.88 bits per heavy atom. The maximum absolute atomic E-state index is 12.1. The summed E-state index contributed by atoms with van der Waals surface area (Å²) >= 11 is 5.89. The number of ether oxygens (including phenoxy) is 1. The van der Waals surface area contributed by atoms with Crippen LogP contribution in [0, 0.1) is 10.1 Å². The molecule has 1 aromatic carbocycles. The van der Waals surface area contributed by atoms with Crippen molar-refractivity contribution in [2.45, 2.75) is 73.0 Å². The number of hydrogen-bond donors (Lipinski definition) is 3. The number of hydrogen-bond acceptors (Lipinski definition) is 7. The topological polar surface area (TPSA) is 132 Å². The highest BCUT2D eigenvalue weighted by Crippen LogP contribution is 2.36. The second-order valence-electron chi connectivity index (χ2n) is 7.76. The molecule has 1 aliphatic carbocycles. The number of aromatic nitrogens is 1. The highest BCUT2D eigenvalue weighted by molar-refractivity contribution is 6.30. The van der Waals surface area contributed by atoms with Gasteiger partial charge in [0.05, 0.1) is 11.0 Å². The van der Waals surface area contributed by atoms with E-state index in [1.54, 1.807) is 6.07 Å². The van der Waals surface area contributed by atoms with Crippen LogP contribution in [-0.2, 0) is 11.2 Å². The van der Waals surface area contributed by atoms with Crippen molar-refractivity contribution in [1.29, 1.82) is 0 Å². The summed E-state index contributed by atoms with van der Waals surface area (Å²) in [4.78, 5) is 26.8. The lowest BCUT2D eigenvalue weighted by Crippen LogP contribution is -2.34. The van der Waals surface area contributed by atoms with Crippen molar-refractivity contribution in [3.05, 3.63) is 50.7 Å². The molecular formula is C23H34ClN5O4. The molecular weight excluding hydrogens is 446 g/mol. The van der Waals surface area contributed by atoms with Gasteiger partial charge in [-0.15, -0.1) is 0 Å². The first-order valence-electron chi connectivity index (χ1n) is 11.0. The molecule has 33 heavy (non-hydrogen) atoms. The van der Waals surface area contributed by atoms with Gasteiger partial charge in [0.1, 0.15) is 16.4 Å². The number of anilines is 3. The Morgan fingerprint density at radius 3 is 2.45 bits per heavy atom. The predicted octanol–water partition coefficient (Wildman–Crippen LogP) is 6.53. The quantitative estimate of drug-likeness (QED) is 0.257. The van der Waals surface area contributed by atoms with Gasteiger partial charge in [0.15, 0.2) is 0 Å². The Labute approximate surface area is 200 Å². The van der Waals surface area contributed by atoms with Gasteiger partial charge in [0.2, 0.25) is 5.82 Å². The second-order valence-corrected chi connectivity index (χ2v) is 8.15. The SMILES string of the molecule is CC.CC.CC(C)(C)OC(=O)NC1CCc2cc(Nc3nc(Cl)cc(N)c3[N+](=O)[O-])ccc21. The minimum atomic E-state index is -0.602.